The molecule has 4 aliphatic rings. The van der Waals surface area contributed by atoms with Crippen LogP contribution in [0.2, 0.25) is 0 Å². The SMILES string of the molecule is Cc1cc2c3c(cc4c(C)cc5c6c(cc1c3c46)B1c3ccc(C(C)(C)C)cc3Oc3cc(C(C)(C)C)cc-5c31)B1c3ccc(C(C)(C)C)cc3Oc3cc(C(C)(C)C)cc-2c31. The van der Waals surface area contributed by atoms with Gasteiger partial charge in [0.2, 0.25) is 0 Å². The van der Waals surface area contributed by atoms with Crippen LogP contribution in [-0.4, -0.2) is 13.4 Å². The molecule has 306 valence electrons. The lowest BCUT2D eigenvalue weighted by molar-refractivity contribution is 0.479. The Morgan fingerprint density at radius 2 is 0.694 bits per heavy atom. The number of aryl methyl sites for hydroxylation is 2. The fourth-order valence-corrected chi connectivity index (χ4v) is 11.7. The molecule has 0 saturated carbocycles. The number of fused-ring (bicyclic) bond motifs is 8. The van der Waals surface area contributed by atoms with E-state index in [-0.39, 0.29) is 35.1 Å². The van der Waals surface area contributed by atoms with Crippen molar-refractivity contribution in [2.75, 3.05) is 0 Å². The van der Waals surface area contributed by atoms with Gasteiger partial charge in [-0.1, -0.05) is 155 Å². The molecule has 4 heterocycles. The summed E-state index contributed by atoms with van der Waals surface area (Å²) in [6.45, 7) is 32.5. The molecule has 0 aliphatic carbocycles. The third kappa shape index (κ3) is 5.01. The highest BCUT2D eigenvalue weighted by Gasteiger charge is 2.45. The fraction of sp³-hybridized carbons (Fsp3) is 0.310. The Morgan fingerprint density at radius 1 is 0.339 bits per heavy atom. The second kappa shape index (κ2) is 11.8. The Balaban J connectivity index is 1.24. The van der Waals surface area contributed by atoms with Crippen LogP contribution in [0.5, 0.6) is 23.0 Å². The molecule has 8 aromatic carbocycles. The molecule has 0 N–H and O–H groups in total. The van der Waals surface area contributed by atoms with Crippen molar-refractivity contribution in [3.8, 4) is 45.3 Å². The molecule has 4 heteroatoms. The second-order valence-corrected chi connectivity index (χ2v) is 23.5. The van der Waals surface area contributed by atoms with Crippen molar-refractivity contribution in [3.63, 3.8) is 0 Å². The molecule has 0 saturated heterocycles. The Hall–Kier alpha value is -5.47. The van der Waals surface area contributed by atoms with E-state index in [0.717, 1.165) is 23.0 Å². The van der Waals surface area contributed by atoms with Gasteiger partial charge in [0, 0.05) is 0 Å². The molecule has 0 radical (unpaired) electrons. The molecular formula is C58H56B2O2. The van der Waals surface area contributed by atoms with Crippen LogP contribution >= 0.6 is 0 Å². The summed E-state index contributed by atoms with van der Waals surface area (Å²) in [5.41, 5.74) is 21.0. The molecule has 62 heavy (non-hydrogen) atoms. The summed E-state index contributed by atoms with van der Waals surface area (Å²) in [5.74, 6) is 3.98. The average molecular weight is 807 g/mol. The van der Waals surface area contributed by atoms with Crippen LogP contribution in [0.3, 0.4) is 0 Å². The quantitative estimate of drug-likeness (QED) is 0.112. The first kappa shape index (κ1) is 38.2. The van der Waals surface area contributed by atoms with E-state index in [0.29, 0.717) is 0 Å². The van der Waals surface area contributed by atoms with Gasteiger partial charge in [-0.2, -0.15) is 0 Å². The standard InChI is InChI=1S/C58H56B2O2/c1-29-19-37-39-21-33(57(9,10)11)25-47-53(39)60(42-18-16-32(56(6,7)8)24-46(42)61-47)44-28-36-30(2)20-38-40-22-34(58(12,13)14)26-48-54(40)59(41-17-15-31(55(3,4)5)23-45(41)62-48)43-27-35(29)51(49(37)44)52(36)50(38)43/h15-28H,1-14H3. The summed E-state index contributed by atoms with van der Waals surface area (Å²) in [6, 6.07) is 34.0. The van der Waals surface area contributed by atoms with Gasteiger partial charge in [0.1, 0.15) is 23.0 Å². The van der Waals surface area contributed by atoms with E-state index in [2.05, 4.69) is 182 Å². The minimum Gasteiger partial charge on any atom is -0.458 e. The van der Waals surface area contributed by atoms with Crippen molar-refractivity contribution in [3.05, 3.63) is 118 Å². The fourth-order valence-electron chi connectivity index (χ4n) is 11.7. The van der Waals surface area contributed by atoms with Crippen LogP contribution in [0.15, 0.2) is 84.9 Å². The number of benzene rings is 8. The predicted octanol–water partition coefficient (Wildman–Crippen LogP) is 11.6. The topological polar surface area (TPSA) is 18.5 Å². The summed E-state index contributed by atoms with van der Waals surface area (Å²) in [7, 11) is 0. The lowest BCUT2D eigenvalue weighted by Crippen LogP contribution is -2.58. The molecule has 0 unspecified atom stereocenters. The zero-order valence-corrected chi connectivity index (χ0v) is 39.1. The van der Waals surface area contributed by atoms with Gasteiger partial charge in [0.25, 0.3) is 13.4 Å². The molecule has 0 atom stereocenters. The first-order valence-corrected chi connectivity index (χ1v) is 22.9. The maximum atomic E-state index is 7.10. The number of rotatable bonds is 0. The van der Waals surface area contributed by atoms with Crippen LogP contribution < -0.4 is 42.3 Å². The van der Waals surface area contributed by atoms with Crippen LogP contribution in [-0.2, 0) is 21.7 Å². The smallest absolute Gasteiger partial charge is 0.252 e. The van der Waals surface area contributed by atoms with Gasteiger partial charge in [-0.3, -0.25) is 0 Å². The first-order chi connectivity index (χ1) is 29.1. The van der Waals surface area contributed by atoms with Crippen molar-refractivity contribution in [2.24, 2.45) is 0 Å². The summed E-state index contributed by atoms with van der Waals surface area (Å²) in [5, 5.41) is 8.35. The van der Waals surface area contributed by atoms with Crippen LogP contribution in [0, 0.1) is 13.8 Å². The Bertz CT molecular complexity index is 3130. The van der Waals surface area contributed by atoms with Gasteiger partial charge in [0.05, 0.1) is 0 Å². The molecule has 0 fully saturated rings. The van der Waals surface area contributed by atoms with Crippen molar-refractivity contribution in [1.29, 1.82) is 0 Å². The third-order valence-electron chi connectivity index (χ3n) is 15.2. The lowest BCUT2D eigenvalue weighted by Gasteiger charge is -2.38. The van der Waals surface area contributed by atoms with Crippen LogP contribution in [0.1, 0.15) is 116 Å². The van der Waals surface area contributed by atoms with E-state index in [9.17, 15) is 0 Å². The summed E-state index contributed by atoms with van der Waals surface area (Å²) in [6.07, 6.45) is 0. The van der Waals surface area contributed by atoms with Crippen LogP contribution in [0.25, 0.3) is 54.6 Å². The zero-order valence-electron chi connectivity index (χ0n) is 39.1. The van der Waals surface area contributed by atoms with E-state index in [1.54, 1.807) is 0 Å². The van der Waals surface area contributed by atoms with E-state index in [1.165, 1.54) is 121 Å². The van der Waals surface area contributed by atoms with Crippen LogP contribution in [0.4, 0.5) is 0 Å². The van der Waals surface area contributed by atoms with Crippen molar-refractivity contribution in [2.45, 2.75) is 119 Å². The molecule has 12 rings (SSSR count). The summed E-state index contributed by atoms with van der Waals surface area (Å²) in [4.78, 5) is 0. The van der Waals surface area contributed by atoms with Gasteiger partial charge in [0.15, 0.2) is 0 Å². The highest BCUT2D eigenvalue weighted by atomic mass is 16.5. The molecule has 8 aromatic rings. The molecule has 2 nitrogen and oxygen atoms in total. The van der Waals surface area contributed by atoms with Gasteiger partial charge in [-0.25, -0.2) is 0 Å². The largest absolute Gasteiger partial charge is 0.458 e. The van der Waals surface area contributed by atoms with Crippen molar-refractivity contribution >= 4 is 78.5 Å². The number of ether oxygens (including phenoxy) is 2. The van der Waals surface area contributed by atoms with Crippen molar-refractivity contribution in [1.82, 2.24) is 0 Å². The third-order valence-corrected chi connectivity index (χ3v) is 15.2. The molecule has 0 amide bonds. The Morgan fingerprint density at radius 3 is 1.05 bits per heavy atom. The molecule has 0 aromatic heterocycles. The minimum absolute atomic E-state index is 0.00300. The normalized spacial score (nSPS) is 14.8. The first-order valence-electron chi connectivity index (χ1n) is 22.9. The maximum Gasteiger partial charge on any atom is 0.252 e. The van der Waals surface area contributed by atoms with Gasteiger partial charge in [-0.05, 0) is 170 Å². The van der Waals surface area contributed by atoms with E-state index < -0.39 is 0 Å². The van der Waals surface area contributed by atoms with E-state index >= 15 is 0 Å². The molecule has 0 spiro atoms. The highest BCUT2D eigenvalue weighted by molar-refractivity contribution is 7.01. The minimum atomic E-state index is -0.0548. The molecule has 0 bridgehead atoms. The number of hydrogen-bond acceptors (Lipinski definition) is 2. The molecular weight excluding hydrogens is 750 g/mol. The lowest BCUT2D eigenvalue weighted by atomic mass is 9.31. The molecule has 4 aliphatic heterocycles. The zero-order chi connectivity index (χ0) is 43.5. The maximum absolute atomic E-state index is 7.10. The van der Waals surface area contributed by atoms with Gasteiger partial charge in [-0.15, -0.1) is 0 Å². The predicted molar refractivity (Wildman–Crippen MR) is 268 cm³/mol. The Kier molecular flexibility index (Phi) is 7.25. The second-order valence-electron chi connectivity index (χ2n) is 23.5. The highest BCUT2D eigenvalue weighted by Crippen LogP contribution is 2.49. The average Bonchev–Trinajstić information content (AvgIpc) is 3.19. The van der Waals surface area contributed by atoms with Crippen molar-refractivity contribution < 1.29 is 9.47 Å². The Labute approximate surface area is 368 Å². The summed E-state index contributed by atoms with van der Waals surface area (Å²) >= 11 is 0. The van der Waals surface area contributed by atoms with E-state index in [4.69, 9.17) is 9.47 Å². The van der Waals surface area contributed by atoms with E-state index in [1.807, 2.05) is 0 Å². The summed E-state index contributed by atoms with van der Waals surface area (Å²) < 4.78 is 14.2. The van der Waals surface area contributed by atoms with Gasteiger partial charge < -0.3 is 9.47 Å². The number of hydrogen-bond donors (Lipinski definition) is 0. The van der Waals surface area contributed by atoms with Gasteiger partial charge >= 0.3 is 0 Å². The monoisotopic (exact) mass is 806 g/mol.